The van der Waals surface area contributed by atoms with Gasteiger partial charge in [0.25, 0.3) is 0 Å². The zero-order chi connectivity index (χ0) is 13.0. The first-order valence-corrected chi connectivity index (χ1v) is 6.57. The van der Waals surface area contributed by atoms with Crippen LogP contribution in [0.3, 0.4) is 0 Å². The number of hydrogen-bond acceptors (Lipinski definition) is 4. The highest BCUT2D eigenvalue weighted by atomic mass is 16.5. The van der Waals surface area contributed by atoms with Crippen LogP contribution >= 0.6 is 0 Å². The molecule has 1 saturated carbocycles. The Hall–Kier alpha value is -1.36. The van der Waals surface area contributed by atoms with Gasteiger partial charge in [-0.15, -0.1) is 0 Å². The minimum Gasteiger partial charge on any atom is -0.369 e. The smallest absolute Gasteiger partial charge is 0.231 e. The lowest BCUT2D eigenvalue weighted by atomic mass is 9.87. The minimum absolute atomic E-state index is 0.236. The second kappa shape index (κ2) is 6.00. The van der Waals surface area contributed by atoms with Gasteiger partial charge in [-0.05, 0) is 19.9 Å². The van der Waals surface area contributed by atoms with E-state index in [9.17, 15) is 4.79 Å². The molecule has 1 fully saturated rings. The van der Waals surface area contributed by atoms with E-state index in [0.717, 1.165) is 11.5 Å². The van der Waals surface area contributed by atoms with Gasteiger partial charge in [0.15, 0.2) is 5.76 Å². The Bertz CT molecular complexity index is 397. The van der Waals surface area contributed by atoms with Gasteiger partial charge in [0.2, 0.25) is 5.91 Å². The van der Waals surface area contributed by atoms with Crippen LogP contribution in [0.4, 0.5) is 0 Å². The molecule has 5 nitrogen and oxygen atoms in total. The van der Waals surface area contributed by atoms with Crippen molar-refractivity contribution in [3.05, 3.63) is 17.5 Å². The second-order valence-corrected chi connectivity index (χ2v) is 5.19. The lowest BCUT2D eigenvalue weighted by Gasteiger charge is -2.18. The Kier molecular flexibility index (Phi) is 4.36. The summed E-state index contributed by atoms with van der Waals surface area (Å²) in [6, 6.07) is 2.02. The SMILES string of the molecule is CN(CC(N)=O)Cc1cc(C2CCCCC2)no1. The van der Waals surface area contributed by atoms with Gasteiger partial charge in [-0.25, -0.2) is 0 Å². The van der Waals surface area contributed by atoms with E-state index in [2.05, 4.69) is 5.16 Å². The average molecular weight is 251 g/mol. The van der Waals surface area contributed by atoms with Crippen molar-refractivity contribution in [2.75, 3.05) is 13.6 Å². The molecule has 1 heterocycles. The number of primary amides is 1. The molecule has 1 aromatic heterocycles. The molecule has 1 aromatic rings. The van der Waals surface area contributed by atoms with E-state index in [4.69, 9.17) is 10.3 Å². The lowest BCUT2D eigenvalue weighted by Crippen LogP contribution is -2.30. The van der Waals surface area contributed by atoms with Gasteiger partial charge in [0.1, 0.15) is 0 Å². The van der Waals surface area contributed by atoms with E-state index >= 15 is 0 Å². The molecule has 2 N–H and O–H groups in total. The van der Waals surface area contributed by atoms with Crippen LogP contribution in [0.25, 0.3) is 0 Å². The van der Waals surface area contributed by atoms with Crippen LogP contribution in [0.1, 0.15) is 49.5 Å². The third-order valence-corrected chi connectivity index (χ3v) is 3.45. The highest BCUT2D eigenvalue weighted by Gasteiger charge is 2.19. The third kappa shape index (κ3) is 3.57. The number of carbonyl (C=O) groups is 1. The first kappa shape index (κ1) is 13.1. The number of nitrogens with two attached hydrogens (primary N) is 1. The van der Waals surface area contributed by atoms with Crippen molar-refractivity contribution in [2.24, 2.45) is 5.73 Å². The van der Waals surface area contributed by atoms with Crippen LogP contribution in [0, 0.1) is 0 Å². The van der Waals surface area contributed by atoms with E-state index in [1.807, 2.05) is 18.0 Å². The van der Waals surface area contributed by atoms with Crippen molar-refractivity contribution >= 4 is 5.91 Å². The first-order valence-electron chi connectivity index (χ1n) is 6.57. The zero-order valence-electron chi connectivity index (χ0n) is 10.9. The van der Waals surface area contributed by atoms with E-state index in [0.29, 0.717) is 12.5 Å². The predicted molar refractivity (Wildman–Crippen MR) is 67.9 cm³/mol. The standard InChI is InChI=1S/C13H21N3O2/c1-16(9-13(14)17)8-11-7-12(15-18-11)10-5-3-2-4-6-10/h7,10H,2-6,8-9H2,1H3,(H2,14,17). The number of amides is 1. The Morgan fingerprint density at radius 2 is 2.22 bits per heavy atom. The molecule has 0 unspecified atom stereocenters. The van der Waals surface area contributed by atoms with Crippen molar-refractivity contribution < 1.29 is 9.32 Å². The maximum absolute atomic E-state index is 10.8. The topological polar surface area (TPSA) is 72.4 Å². The van der Waals surface area contributed by atoms with Crippen molar-refractivity contribution in [3.63, 3.8) is 0 Å². The molecule has 0 atom stereocenters. The van der Waals surface area contributed by atoms with E-state index < -0.39 is 0 Å². The summed E-state index contributed by atoms with van der Waals surface area (Å²) >= 11 is 0. The van der Waals surface area contributed by atoms with Crippen LogP contribution in [0.2, 0.25) is 0 Å². The van der Waals surface area contributed by atoms with Crippen LogP contribution in [0.5, 0.6) is 0 Å². The molecule has 1 aliphatic carbocycles. The van der Waals surface area contributed by atoms with Crippen molar-refractivity contribution in [2.45, 2.75) is 44.6 Å². The largest absolute Gasteiger partial charge is 0.369 e. The van der Waals surface area contributed by atoms with Gasteiger partial charge in [0.05, 0.1) is 18.8 Å². The van der Waals surface area contributed by atoms with Crippen LogP contribution < -0.4 is 5.73 Å². The quantitative estimate of drug-likeness (QED) is 0.863. The predicted octanol–water partition coefficient (Wildman–Crippen LogP) is 1.64. The summed E-state index contributed by atoms with van der Waals surface area (Å²) in [6.07, 6.45) is 6.33. The Morgan fingerprint density at radius 3 is 2.89 bits per heavy atom. The number of carbonyl (C=O) groups excluding carboxylic acids is 1. The molecule has 0 aliphatic heterocycles. The average Bonchev–Trinajstić information content (AvgIpc) is 2.77. The van der Waals surface area contributed by atoms with Crippen LogP contribution in [0.15, 0.2) is 10.6 Å². The van der Waals surface area contributed by atoms with Gasteiger partial charge in [0, 0.05) is 12.0 Å². The summed E-state index contributed by atoms with van der Waals surface area (Å²) in [4.78, 5) is 12.6. The Morgan fingerprint density at radius 1 is 1.50 bits per heavy atom. The normalized spacial score (nSPS) is 17.2. The molecular weight excluding hydrogens is 230 g/mol. The molecule has 0 aromatic carbocycles. The summed E-state index contributed by atoms with van der Waals surface area (Å²) < 4.78 is 5.33. The molecule has 0 saturated heterocycles. The minimum atomic E-state index is -0.329. The third-order valence-electron chi connectivity index (χ3n) is 3.45. The monoisotopic (exact) mass is 251 g/mol. The molecule has 0 radical (unpaired) electrons. The fraction of sp³-hybridized carbons (Fsp3) is 0.692. The summed E-state index contributed by atoms with van der Waals surface area (Å²) in [5.41, 5.74) is 6.21. The summed E-state index contributed by atoms with van der Waals surface area (Å²) in [7, 11) is 1.84. The Labute approximate surface area is 107 Å². The lowest BCUT2D eigenvalue weighted by molar-refractivity contribution is -0.119. The maximum atomic E-state index is 10.8. The molecule has 18 heavy (non-hydrogen) atoms. The van der Waals surface area contributed by atoms with Gasteiger partial charge >= 0.3 is 0 Å². The number of nitrogens with zero attached hydrogens (tertiary/aromatic N) is 2. The first-order chi connectivity index (χ1) is 8.65. The van der Waals surface area contributed by atoms with Gasteiger partial charge < -0.3 is 10.3 Å². The molecule has 2 rings (SSSR count). The number of aromatic nitrogens is 1. The van der Waals surface area contributed by atoms with Crippen LogP contribution in [-0.2, 0) is 11.3 Å². The van der Waals surface area contributed by atoms with Crippen molar-refractivity contribution in [3.8, 4) is 0 Å². The zero-order valence-corrected chi connectivity index (χ0v) is 10.9. The Balaban J connectivity index is 1.91. The molecular formula is C13H21N3O2. The molecule has 0 bridgehead atoms. The highest BCUT2D eigenvalue weighted by molar-refractivity contribution is 5.75. The maximum Gasteiger partial charge on any atom is 0.231 e. The van der Waals surface area contributed by atoms with E-state index in [-0.39, 0.29) is 12.5 Å². The van der Waals surface area contributed by atoms with E-state index in [1.165, 1.54) is 32.1 Å². The van der Waals surface area contributed by atoms with Crippen molar-refractivity contribution in [1.29, 1.82) is 0 Å². The molecule has 0 spiro atoms. The summed E-state index contributed by atoms with van der Waals surface area (Å²) in [5, 5.41) is 4.15. The van der Waals surface area contributed by atoms with Crippen LogP contribution in [-0.4, -0.2) is 29.6 Å². The number of likely N-dealkylation sites (N-methyl/N-ethyl adjacent to an activating group) is 1. The fourth-order valence-corrected chi connectivity index (χ4v) is 2.58. The number of hydrogen-bond donors (Lipinski definition) is 1. The molecule has 1 aliphatic rings. The van der Waals surface area contributed by atoms with Gasteiger partial charge in [-0.3, -0.25) is 9.69 Å². The number of rotatable bonds is 5. The molecule has 5 heteroatoms. The summed E-state index contributed by atoms with van der Waals surface area (Å²) in [5.74, 6) is 1.03. The fourth-order valence-electron chi connectivity index (χ4n) is 2.58. The highest BCUT2D eigenvalue weighted by Crippen LogP contribution is 2.32. The summed E-state index contributed by atoms with van der Waals surface area (Å²) in [6.45, 7) is 0.808. The van der Waals surface area contributed by atoms with E-state index in [1.54, 1.807) is 0 Å². The molecule has 100 valence electrons. The molecule has 1 amide bonds. The van der Waals surface area contributed by atoms with Crippen molar-refractivity contribution in [1.82, 2.24) is 10.1 Å². The second-order valence-electron chi connectivity index (χ2n) is 5.19. The van der Waals surface area contributed by atoms with Gasteiger partial charge in [-0.2, -0.15) is 0 Å². The van der Waals surface area contributed by atoms with Gasteiger partial charge in [-0.1, -0.05) is 24.4 Å².